The molecule has 4 aliphatic carbocycles. The van der Waals surface area contributed by atoms with Crippen LogP contribution in [-0.4, -0.2) is 9.04 Å². The highest BCUT2D eigenvalue weighted by Gasteiger charge is 2.45. The molecule has 4 saturated carbocycles. The number of allylic oxidation sites excluding steroid dienone is 1. The lowest BCUT2D eigenvalue weighted by molar-refractivity contribution is 0.0631. The van der Waals surface area contributed by atoms with Gasteiger partial charge in [0.2, 0.25) is 9.04 Å². The summed E-state index contributed by atoms with van der Waals surface area (Å²) in [6.45, 7) is 11.9. The fourth-order valence-corrected chi connectivity index (χ4v) is 6.56. The highest BCUT2D eigenvalue weighted by Crippen LogP contribution is 2.56. The predicted molar refractivity (Wildman–Crippen MR) is 115 cm³/mol. The highest BCUT2D eigenvalue weighted by molar-refractivity contribution is 6.49. The molecule has 0 aromatic heterocycles. The van der Waals surface area contributed by atoms with Crippen LogP contribution >= 0.6 is 0 Å². The number of hydrogen-bond acceptors (Lipinski definition) is 2. The first-order valence-electron chi connectivity index (χ1n) is 10.9. The lowest BCUT2D eigenvalue weighted by Gasteiger charge is -2.51. The molecule has 0 aliphatic heterocycles. The molecule has 2 nitrogen and oxygen atoms in total. The Morgan fingerprint density at radius 2 is 1.63 bits per heavy atom. The van der Waals surface area contributed by atoms with Crippen molar-refractivity contribution < 1.29 is 9.16 Å². The average molecular weight is 385 g/mol. The van der Waals surface area contributed by atoms with Crippen molar-refractivity contribution in [1.82, 2.24) is 0 Å². The molecule has 0 unspecified atom stereocenters. The van der Waals surface area contributed by atoms with Crippen LogP contribution in [0.5, 0.6) is 5.75 Å². The first-order chi connectivity index (χ1) is 12.8. The Balaban J connectivity index is 1.51. The summed E-state index contributed by atoms with van der Waals surface area (Å²) in [5.41, 5.74) is 4.19. The topological polar surface area (TPSA) is 18.5 Å². The van der Waals surface area contributed by atoms with E-state index in [-0.39, 0.29) is 5.41 Å². The lowest BCUT2D eigenvalue weighted by Crippen LogP contribution is -2.40. The van der Waals surface area contributed by atoms with E-state index < -0.39 is 9.04 Å². The quantitative estimate of drug-likeness (QED) is 0.444. The zero-order chi connectivity index (χ0) is 19.2. The second kappa shape index (κ2) is 7.31. The van der Waals surface area contributed by atoms with Gasteiger partial charge in [0.05, 0.1) is 6.26 Å². The number of rotatable bonds is 5. The second-order valence-electron chi connectivity index (χ2n) is 10.4. The molecule has 4 bridgehead atoms. The van der Waals surface area contributed by atoms with Crippen LogP contribution in [0.4, 0.5) is 0 Å². The van der Waals surface area contributed by atoms with Crippen LogP contribution in [0, 0.1) is 23.7 Å². The lowest BCUT2D eigenvalue weighted by atomic mass is 9.54. The van der Waals surface area contributed by atoms with Crippen molar-refractivity contribution in [3.05, 3.63) is 41.2 Å². The molecule has 3 heteroatoms. The van der Waals surface area contributed by atoms with Crippen LogP contribution in [0.3, 0.4) is 0 Å². The van der Waals surface area contributed by atoms with Crippen LogP contribution in [0.1, 0.15) is 64.0 Å². The van der Waals surface area contributed by atoms with Crippen molar-refractivity contribution in [2.75, 3.05) is 0 Å². The van der Waals surface area contributed by atoms with Gasteiger partial charge in [-0.1, -0.05) is 39.0 Å². The predicted octanol–water partition coefficient (Wildman–Crippen LogP) is 6.20. The molecule has 1 aromatic carbocycles. The Morgan fingerprint density at radius 1 is 1.00 bits per heavy atom. The summed E-state index contributed by atoms with van der Waals surface area (Å²) in [5, 5.41) is 0. The van der Waals surface area contributed by atoms with E-state index in [2.05, 4.69) is 58.3 Å². The Labute approximate surface area is 167 Å². The van der Waals surface area contributed by atoms with Gasteiger partial charge in [-0.05, 0) is 85.4 Å². The fraction of sp³-hybridized carbons (Fsp3) is 0.667. The van der Waals surface area contributed by atoms with Gasteiger partial charge in [-0.2, -0.15) is 0 Å². The molecule has 0 saturated heterocycles. The molecule has 1 aromatic rings. The first-order valence-corrected chi connectivity index (χ1v) is 13.7. The maximum atomic E-state index is 6.38. The summed E-state index contributed by atoms with van der Waals surface area (Å²) in [6.07, 6.45) is 9.29. The number of para-hydroxylation sites is 1. The van der Waals surface area contributed by atoms with Crippen molar-refractivity contribution in [1.29, 1.82) is 0 Å². The summed E-state index contributed by atoms with van der Waals surface area (Å²) in [6, 6.07) is 6.55. The highest BCUT2D eigenvalue weighted by atomic mass is 28.3. The molecule has 0 atom stereocenters. The van der Waals surface area contributed by atoms with Crippen LogP contribution in [0.2, 0.25) is 13.1 Å². The Kier molecular flexibility index (Phi) is 5.17. The first kappa shape index (κ1) is 19.1. The van der Waals surface area contributed by atoms with Crippen molar-refractivity contribution in [2.24, 2.45) is 23.7 Å². The molecule has 5 rings (SSSR count). The van der Waals surface area contributed by atoms with Gasteiger partial charge < -0.3 is 9.16 Å². The van der Waals surface area contributed by atoms with Crippen molar-refractivity contribution in [3.63, 3.8) is 0 Å². The van der Waals surface area contributed by atoms with Gasteiger partial charge in [-0.3, -0.25) is 0 Å². The molecule has 27 heavy (non-hydrogen) atoms. The third-order valence-electron chi connectivity index (χ3n) is 6.80. The zero-order valence-electron chi connectivity index (χ0n) is 17.8. The van der Waals surface area contributed by atoms with Gasteiger partial charge >= 0.3 is 0 Å². The number of ether oxygens (including phenoxy) is 1. The van der Waals surface area contributed by atoms with E-state index in [1.165, 1.54) is 43.2 Å². The van der Waals surface area contributed by atoms with E-state index in [1.54, 1.807) is 5.57 Å². The summed E-state index contributed by atoms with van der Waals surface area (Å²) in [4.78, 5) is 0. The molecule has 0 amide bonds. The van der Waals surface area contributed by atoms with Gasteiger partial charge in [0.25, 0.3) is 0 Å². The minimum atomic E-state index is -1.18. The molecule has 4 fully saturated rings. The van der Waals surface area contributed by atoms with Gasteiger partial charge in [-0.15, -0.1) is 0 Å². The van der Waals surface area contributed by atoms with Crippen LogP contribution < -0.4 is 4.43 Å². The summed E-state index contributed by atoms with van der Waals surface area (Å²) < 4.78 is 12.6. The molecular weight excluding hydrogens is 348 g/mol. The molecule has 4 aliphatic rings. The van der Waals surface area contributed by atoms with Gasteiger partial charge in [0.15, 0.2) is 0 Å². The normalized spacial score (nSPS) is 29.3. The van der Waals surface area contributed by atoms with E-state index in [9.17, 15) is 0 Å². The average Bonchev–Trinajstić information content (AvgIpc) is 2.56. The molecule has 148 valence electrons. The number of hydrogen-bond donors (Lipinski definition) is 0. The molecule has 0 spiro atoms. The van der Waals surface area contributed by atoms with E-state index in [4.69, 9.17) is 9.16 Å². The zero-order valence-corrected chi connectivity index (χ0v) is 18.9. The van der Waals surface area contributed by atoms with E-state index in [0.717, 1.165) is 29.4 Å². The maximum absolute atomic E-state index is 6.38. The van der Waals surface area contributed by atoms with Gasteiger partial charge in [0.1, 0.15) is 12.4 Å². The molecular formula is C24H36O2Si. The largest absolute Gasteiger partial charge is 0.547 e. The third-order valence-corrected chi connectivity index (χ3v) is 7.50. The smallest absolute Gasteiger partial charge is 0.229 e. The maximum Gasteiger partial charge on any atom is 0.229 e. The fourth-order valence-electron chi connectivity index (χ4n) is 5.81. The molecule has 0 radical (unpaired) electrons. The van der Waals surface area contributed by atoms with Crippen LogP contribution in [-0.2, 0) is 16.8 Å². The van der Waals surface area contributed by atoms with Crippen LogP contribution in [0.15, 0.2) is 30.0 Å². The number of benzene rings is 1. The Bertz CT molecular complexity index is 684. The van der Waals surface area contributed by atoms with Gasteiger partial charge in [-0.25, -0.2) is 0 Å². The summed E-state index contributed by atoms with van der Waals surface area (Å²) >= 11 is 0. The molecule has 0 N–H and O–H groups in total. The molecule has 0 heterocycles. The summed E-state index contributed by atoms with van der Waals surface area (Å²) in [5.74, 6) is 4.70. The second-order valence-corrected chi connectivity index (χ2v) is 12.8. The van der Waals surface area contributed by atoms with Crippen LogP contribution in [0.25, 0.3) is 0 Å². The Morgan fingerprint density at radius 3 is 2.19 bits per heavy atom. The standard InChI is InChI=1S/C24H36O2Si/c1-24(2,3)22-8-6-7-18(23(22)26-27(4)5)14-25-15-21-19-10-16-9-17(12-19)13-20(21)11-16/h6-8,15-17,19-20,27H,9-14H2,1-5H3. The monoisotopic (exact) mass is 384 g/mol. The van der Waals surface area contributed by atoms with Gasteiger partial charge in [0, 0.05) is 5.56 Å². The Hall–Kier alpha value is -1.22. The van der Waals surface area contributed by atoms with E-state index in [1.807, 2.05) is 0 Å². The van der Waals surface area contributed by atoms with E-state index >= 15 is 0 Å². The SMILES string of the molecule is C[SiH](C)Oc1c(COC=C2C3CC4CC(C3)CC2C4)cccc1C(C)(C)C. The third kappa shape index (κ3) is 3.99. The van der Waals surface area contributed by atoms with Crippen molar-refractivity contribution >= 4 is 9.04 Å². The minimum absolute atomic E-state index is 0.0779. The van der Waals surface area contributed by atoms with Crippen molar-refractivity contribution in [2.45, 2.75) is 78.0 Å². The van der Waals surface area contributed by atoms with Crippen molar-refractivity contribution in [3.8, 4) is 5.75 Å². The summed E-state index contributed by atoms with van der Waals surface area (Å²) in [7, 11) is -1.18. The van der Waals surface area contributed by atoms with E-state index in [0.29, 0.717) is 6.61 Å². The minimum Gasteiger partial charge on any atom is -0.547 e.